The molecule has 0 aliphatic carbocycles. The number of piperidine rings is 1. The van der Waals surface area contributed by atoms with Crippen molar-refractivity contribution in [3.63, 3.8) is 0 Å². The summed E-state index contributed by atoms with van der Waals surface area (Å²) < 4.78 is 11.8. The second-order valence-corrected chi connectivity index (χ2v) is 7.55. The van der Waals surface area contributed by atoms with Gasteiger partial charge in [0.2, 0.25) is 0 Å². The van der Waals surface area contributed by atoms with Gasteiger partial charge in [0, 0.05) is 33.3 Å². The van der Waals surface area contributed by atoms with Crippen molar-refractivity contribution in [3.8, 4) is 0 Å². The van der Waals surface area contributed by atoms with Crippen molar-refractivity contribution < 1.29 is 9.47 Å². The first-order valence-corrected chi connectivity index (χ1v) is 10.2. The molecule has 6 nitrogen and oxygen atoms in total. The summed E-state index contributed by atoms with van der Waals surface area (Å²) in [6, 6.07) is 0. The third kappa shape index (κ3) is 6.21. The van der Waals surface area contributed by atoms with Crippen LogP contribution in [-0.2, 0) is 9.47 Å². The van der Waals surface area contributed by atoms with Crippen molar-refractivity contribution in [1.29, 1.82) is 0 Å². The molecular formula is C19H37IN4O2. The molecule has 0 amide bonds. The van der Waals surface area contributed by atoms with E-state index in [0.29, 0.717) is 0 Å². The van der Waals surface area contributed by atoms with Crippen molar-refractivity contribution >= 4 is 29.9 Å². The van der Waals surface area contributed by atoms with Crippen LogP contribution in [0.15, 0.2) is 4.99 Å². The van der Waals surface area contributed by atoms with Gasteiger partial charge in [0.15, 0.2) is 5.96 Å². The maximum Gasteiger partial charge on any atom is 0.193 e. The first kappa shape index (κ1) is 22.2. The quantitative estimate of drug-likeness (QED) is 0.372. The van der Waals surface area contributed by atoms with E-state index in [0.717, 1.165) is 57.6 Å². The Hall–Kier alpha value is -0.120. The first-order chi connectivity index (χ1) is 12.3. The average molecular weight is 480 g/mol. The number of hydrogen-bond donors (Lipinski definition) is 1. The van der Waals surface area contributed by atoms with E-state index in [1.54, 1.807) is 0 Å². The molecule has 0 spiro atoms. The highest BCUT2D eigenvalue weighted by Crippen LogP contribution is 2.22. The highest BCUT2D eigenvalue weighted by molar-refractivity contribution is 14.0. The van der Waals surface area contributed by atoms with Crippen LogP contribution in [0.1, 0.15) is 39.0 Å². The number of ether oxygens (including phenoxy) is 2. The molecule has 3 heterocycles. The average Bonchev–Trinajstić information content (AvgIpc) is 3.21. The lowest BCUT2D eigenvalue weighted by Crippen LogP contribution is -2.53. The molecule has 0 saturated carbocycles. The van der Waals surface area contributed by atoms with E-state index < -0.39 is 0 Å². The number of guanidine groups is 1. The number of morpholine rings is 1. The second kappa shape index (κ2) is 11.7. The van der Waals surface area contributed by atoms with Gasteiger partial charge in [-0.15, -0.1) is 24.0 Å². The molecule has 152 valence electrons. The molecule has 0 aromatic heterocycles. The zero-order valence-corrected chi connectivity index (χ0v) is 18.8. The minimum atomic E-state index is 0. The topological polar surface area (TPSA) is 49.3 Å². The van der Waals surface area contributed by atoms with Crippen molar-refractivity contribution in [2.75, 3.05) is 59.5 Å². The van der Waals surface area contributed by atoms with E-state index in [-0.39, 0.29) is 36.2 Å². The molecule has 2 atom stereocenters. The number of rotatable bonds is 5. The van der Waals surface area contributed by atoms with Gasteiger partial charge >= 0.3 is 0 Å². The van der Waals surface area contributed by atoms with Crippen LogP contribution in [0.3, 0.4) is 0 Å². The summed E-state index contributed by atoms with van der Waals surface area (Å²) >= 11 is 0. The molecule has 0 aromatic rings. The number of nitrogens with zero attached hydrogens (tertiary/aromatic N) is 3. The van der Waals surface area contributed by atoms with Crippen molar-refractivity contribution in [2.24, 2.45) is 10.9 Å². The Morgan fingerprint density at radius 2 is 1.85 bits per heavy atom. The molecule has 26 heavy (non-hydrogen) atoms. The van der Waals surface area contributed by atoms with Crippen LogP contribution in [0.2, 0.25) is 0 Å². The van der Waals surface area contributed by atoms with E-state index in [1.807, 2.05) is 7.05 Å². The van der Waals surface area contributed by atoms with E-state index in [2.05, 4.69) is 27.0 Å². The van der Waals surface area contributed by atoms with E-state index >= 15 is 0 Å². The molecule has 2 unspecified atom stereocenters. The van der Waals surface area contributed by atoms with Crippen LogP contribution in [0.5, 0.6) is 0 Å². The zero-order valence-electron chi connectivity index (χ0n) is 16.5. The van der Waals surface area contributed by atoms with E-state index in [4.69, 9.17) is 9.47 Å². The third-order valence-electron chi connectivity index (χ3n) is 5.97. The maximum atomic E-state index is 5.95. The van der Waals surface area contributed by atoms with Crippen molar-refractivity contribution in [1.82, 2.24) is 15.1 Å². The number of aliphatic imine (C=N–C) groups is 1. The SMILES string of the molecule is CCN1CCC(CCNC(=NC)N2CCOC(C3CCCO3)C2)CC1.I. The monoisotopic (exact) mass is 480 g/mol. The van der Waals surface area contributed by atoms with Crippen LogP contribution in [0.25, 0.3) is 0 Å². The molecule has 3 rings (SSSR count). The van der Waals surface area contributed by atoms with Crippen LogP contribution in [0.4, 0.5) is 0 Å². The summed E-state index contributed by atoms with van der Waals surface area (Å²) in [5, 5.41) is 3.59. The van der Waals surface area contributed by atoms with Gasteiger partial charge < -0.3 is 24.6 Å². The Morgan fingerprint density at radius 1 is 1.08 bits per heavy atom. The number of halogens is 1. The van der Waals surface area contributed by atoms with Crippen molar-refractivity contribution in [2.45, 2.75) is 51.2 Å². The Kier molecular flexibility index (Phi) is 9.94. The molecule has 3 aliphatic rings. The Balaban J connectivity index is 0.00000243. The van der Waals surface area contributed by atoms with Gasteiger partial charge in [0.1, 0.15) is 6.10 Å². The summed E-state index contributed by atoms with van der Waals surface area (Å²) in [5.74, 6) is 1.88. The van der Waals surface area contributed by atoms with Gasteiger partial charge in [-0.05, 0) is 57.7 Å². The van der Waals surface area contributed by atoms with Crippen molar-refractivity contribution in [3.05, 3.63) is 0 Å². The Morgan fingerprint density at radius 3 is 2.50 bits per heavy atom. The lowest BCUT2D eigenvalue weighted by atomic mass is 9.93. The molecule has 0 radical (unpaired) electrons. The molecule has 0 aromatic carbocycles. The van der Waals surface area contributed by atoms with Gasteiger partial charge in [-0.3, -0.25) is 4.99 Å². The predicted octanol–water partition coefficient (Wildman–Crippen LogP) is 2.18. The fraction of sp³-hybridized carbons (Fsp3) is 0.947. The summed E-state index contributed by atoms with van der Waals surface area (Å²) in [5.41, 5.74) is 0. The van der Waals surface area contributed by atoms with Gasteiger partial charge in [-0.1, -0.05) is 6.92 Å². The Bertz CT molecular complexity index is 424. The molecule has 3 fully saturated rings. The lowest BCUT2D eigenvalue weighted by Gasteiger charge is -2.37. The standard InChI is InChI=1S/C19H36N4O2.HI/c1-3-22-10-7-16(8-11-22)6-9-21-19(20-2)23-12-14-25-18(15-23)17-5-4-13-24-17;/h16-18H,3-15H2,1-2H3,(H,20,21);1H. The van der Waals surface area contributed by atoms with Crippen LogP contribution in [-0.4, -0.2) is 87.5 Å². The van der Waals surface area contributed by atoms with Gasteiger partial charge in [0.25, 0.3) is 0 Å². The van der Waals surface area contributed by atoms with Crippen LogP contribution < -0.4 is 5.32 Å². The first-order valence-electron chi connectivity index (χ1n) is 10.2. The van der Waals surface area contributed by atoms with E-state index in [1.165, 1.54) is 38.9 Å². The van der Waals surface area contributed by atoms with Crippen LogP contribution >= 0.6 is 24.0 Å². The summed E-state index contributed by atoms with van der Waals surface area (Å²) in [7, 11) is 1.89. The number of nitrogens with one attached hydrogen (secondary N) is 1. The fourth-order valence-electron chi connectivity index (χ4n) is 4.30. The highest BCUT2D eigenvalue weighted by atomic mass is 127. The van der Waals surface area contributed by atoms with E-state index in [9.17, 15) is 0 Å². The molecular weight excluding hydrogens is 443 g/mol. The normalized spacial score (nSPS) is 28.8. The summed E-state index contributed by atoms with van der Waals surface area (Å²) in [6.07, 6.45) is 6.67. The van der Waals surface area contributed by atoms with Crippen LogP contribution in [0, 0.1) is 5.92 Å². The highest BCUT2D eigenvalue weighted by Gasteiger charge is 2.32. The second-order valence-electron chi connectivity index (χ2n) is 7.55. The smallest absolute Gasteiger partial charge is 0.193 e. The molecule has 7 heteroatoms. The number of likely N-dealkylation sites (tertiary alicyclic amines) is 1. The molecule has 3 aliphatic heterocycles. The minimum absolute atomic E-state index is 0. The molecule has 0 bridgehead atoms. The molecule has 3 saturated heterocycles. The van der Waals surface area contributed by atoms with Gasteiger partial charge in [-0.2, -0.15) is 0 Å². The molecule has 1 N–H and O–H groups in total. The minimum Gasteiger partial charge on any atom is -0.375 e. The summed E-state index contributed by atoms with van der Waals surface area (Å²) in [4.78, 5) is 9.41. The lowest BCUT2D eigenvalue weighted by molar-refractivity contribution is -0.0817. The fourth-order valence-corrected chi connectivity index (χ4v) is 4.30. The third-order valence-corrected chi connectivity index (χ3v) is 5.97. The number of hydrogen-bond acceptors (Lipinski definition) is 4. The summed E-state index contributed by atoms with van der Waals surface area (Å²) in [6.45, 7) is 10.5. The largest absolute Gasteiger partial charge is 0.375 e. The van der Waals surface area contributed by atoms with Gasteiger partial charge in [-0.25, -0.2) is 0 Å². The van der Waals surface area contributed by atoms with Gasteiger partial charge in [0.05, 0.1) is 12.7 Å². The Labute approximate surface area is 176 Å². The maximum absolute atomic E-state index is 5.95. The zero-order chi connectivity index (χ0) is 17.5. The predicted molar refractivity (Wildman–Crippen MR) is 117 cm³/mol.